The average molecular weight is 339 g/mol. The van der Waals surface area contributed by atoms with Gasteiger partial charge in [0.15, 0.2) is 0 Å². The van der Waals surface area contributed by atoms with E-state index in [0.717, 1.165) is 4.31 Å². The zero-order valence-corrected chi connectivity index (χ0v) is 13.5. The Morgan fingerprint density at radius 3 is 2.52 bits per heavy atom. The summed E-state index contributed by atoms with van der Waals surface area (Å²) in [7, 11) is -4.21. The van der Waals surface area contributed by atoms with E-state index in [4.69, 9.17) is 10.4 Å². The fourth-order valence-electron chi connectivity index (χ4n) is 1.90. The smallest absolute Gasteiger partial charge is 0.321 e. The second-order valence-electron chi connectivity index (χ2n) is 4.72. The number of carboxylic acids is 1. The summed E-state index contributed by atoms with van der Waals surface area (Å²) in [6.07, 6.45) is 0. The first kappa shape index (κ1) is 18.6. The van der Waals surface area contributed by atoms with Crippen LogP contribution in [0.25, 0.3) is 0 Å². The molecule has 1 aromatic carbocycles. The molecule has 0 saturated carbocycles. The molecule has 0 aliphatic heterocycles. The summed E-state index contributed by atoms with van der Waals surface area (Å²) in [5.41, 5.74) is -0.0744. The predicted molar refractivity (Wildman–Crippen MR) is 80.8 cm³/mol. The molecule has 0 fully saturated rings. The van der Waals surface area contributed by atoms with Crippen molar-refractivity contribution in [2.45, 2.75) is 24.8 Å². The summed E-state index contributed by atoms with van der Waals surface area (Å²) in [6.45, 7) is 2.23. The van der Waals surface area contributed by atoms with Crippen LogP contribution >= 0.6 is 0 Å². The molecule has 1 amide bonds. The van der Waals surface area contributed by atoms with E-state index in [9.17, 15) is 18.0 Å². The van der Waals surface area contributed by atoms with E-state index in [1.54, 1.807) is 6.07 Å². The number of carbonyl (C=O) groups excluding carboxylic acids is 1. The Bertz CT molecular complexity index is 739. The third-order valence-corrected chi connectivity index (χ3v) is 5.12. The topological polar surface area (TPSA) is 128 Å². The van der Waals surface area contributed by atoms with Gasteiger partial charge in [-0.05, 0) is 19.1 Å². The van der Waals surface area contributed by atoms with Crippen molar-refractivity contribution >= 4 is 21.9 Å². The first-order valence-corrected chi connectivity index (χ1v) is 8.14. The Morgan fingerprint density at radius 2 is 2.00 bits per heavy atom. The number of amides is 1. The molecule has 0 aliphatic carbocycles. The van der Waals surface area contributed by atoms with Crippen molar-refractivity contribution in [2.75, 3.05) is 13.1 Å². The van der Waals surface area contributed by atoms with Crippen LogP contribution in [-0.2, 0) is 19.6 Å². The normalized spacial score (nSPS) is 12.4. The van der Waals surface area contributed by atoms with Crippen LogP contribution < -0.4 is 5.32 Å². The van der Waals surface area contributed by atoms with Gasteiger partial charge in [0.2, 0.25) is 15.9 Å². The summed E-state index contributed by atoms with van der Waals surface area (Å²) >= 11 is 0. The van der Waals surface area contributed by atoms with Crippen molar-refractivity contribution in [3.8, 4) is 6.07 Å². The minimum absolute atomic E-state index is 0.0408. The van der Waals surface area contributed by atoms with Crippen molar-refractivity contribution in [3.05, 3.63) is 29.8 Å². The molecule has 0 spiro atoms. The summed E-state index contributed by atoms with van der Waals surface area (Å²) in [4.78, 5) is 21.9. The van der Waals surface area contributed by atoms with Gasteiger partial charge in [-0.3, -0.25) is 9.59 Å². The third kappa shape index (κ3) is 4.51. The van der Waals surface area contributed by atoms with Crippen LogP contribution in [0, 0.1) is 11.3 Å². The monoisotopic (exact) mass is 339 g/mol. The molecule has 0 radical (unpaired) electrons. The molecule has 1 unspecified atom stereocenters. The fourth-order valence-corrected chi connectivity index (χ4v) is 3.63. The molecule has 0 aromatic heterocycles. The van der Waals surface area contributed by atoms with Crippen molar-refractivity contribution < 1.29 is 23.1 Å². The quantitative estimate of drug-likeness (QED) is 0.728. The molecule has 0 heterocycles. The highest BCUT2D eigenvalue weighted by Crippen LogP contribution is 2.21. The lowest BCUT2D eigenvalue weighted by molar-refractivity contribution is -0.140. The summed E-state index contributed by atoms with van der Waals surface area (Å²) in [5, 5.41) is 20.6. The van der Waals surface area contributed by atoms with Gasteiger partial charge >= 0.3 is 5.97 Å². The maximum Gasteiger partial charge on any atom is 0.321 e. The van der Waals surface area contributed by atoms with Gasteiger partial charge in [0.25, 0.3) is 0 Å². The van der Waals surface area contributed by atoms with E-state index in [0.29, 0.717) is 0 Å². The zero-order chi connectivity index (χ0) is 17.6. The minimum Gasteiger partial charge on any atom is -0.480 e. The molecule has 1 aromatic rings. The highest BCUT2D eigenvalue weighted by Gasteiger charge is 2.34. The molecule has 8 nitrogen and oxygen atoms in total. The van der Waals surface area contributed by atoms with E-state index >= 15 is 0 Å². The Labute approximate surface area is 134 Å². The molecule has 0 saturated heterocycles. The summed E-state index contributed by atoms with van der Waals surface area (Å²) in [6, 6.07) is 5.97. The van der Waals surface area contributed by atoms with Crippen LogP contribution in [0.4, 0.5) is 0 Å². The van der Waals surface area contributed by atoms with Crippen LogP contribution in [0.3, 0.4) is 0 Å². The number of nitriles is 1. The Kier molecular flexibility index (Phi) is 6.24. The molecule has 0 bridgehead atoms. The molecule has 124 valence electrons. The van der Waals surface area contributed by atoms with Gasteiger partial charge in [-0.15, -0.1) is 0 Å². The van der Waals surface area contributed by atoms with Gasteiger partial charge in [-0.2, -0.15) is 9.57 Å². The SMILES string of the molecule is CC(=O)NCCN(C(C)C(=O)O)S(=O)(=O)c1ccccc1C#N. The van der Waals surface area contributed by atoms with Gasteiger partial charge in [0.05, 0.1) is 10.5 Å². The number of carbonyl (C=O) groups is 2. The molecule has 1 rings (SSSR count). The highest BCUT2D eigenvalue weighted by molar-refractivity contribution is 7.89. The summed E-state index contributed by atoms with van der Waals surface area (Å²) in [5.74, 6) is -1.69. The average Bonchev–Trinajstić information content (AvgIpc) is 2.50. The maximum absolute atomic E-state index is 12.7. The van der Waals surface area contributed by atoms with Crippen molar-refractivity contribution in [1.29, 1.82) is 5.26 Å². The van der Waals surface area contributed by atoms with Crippen LogP contribution in [0.1, 0.15) is 19.4 Å². The number of benzene rings is 1. The highest BCUT2D eigenvalue weighted by atomic mass is 32.2. The lowest BCUT2D eigenvalue weighted by Crippen LogP contribution is -2.46. The van der Waals surface area contributed by atoms with Crippen LogP contribution in [0.5, 0.6) is 0 Å². The van der Waals surface area contributed by atoms with Crippen LogP contribution in [-0.4, -0.2) is 48.8 Å². The van der Waals surface area contributed by atoms with Gasteiger partial charge in [-0.1, -0.05) is 12.1 Å². The molecule has 1 atom stereocenters. The number of nitrogens with one attached hydrogen (secondary N) is 1. The number of rotatable bonds is 7. The number of hydrogen-bond acceptors (Lipinski definition) is 5. The largest absolute Gasteiger partial charge is 0.480 e. The van der Waals surface area contributed by atoms with E-state index in [-0.39, 0.29) is 29.5 Å². The van der Waals surface area contributed by atoms with Crippen LogP contribution in [0.2, 0.25) is 0 Å². The van der Waals surface area contributed by atoms with Crippen molar-refractivity contribution in [1.82, 2.24) is 9.62 Å². The molecular weight excluding hydrogens is 322 g/mol. The van der Waals surface area contributed by atoms with Gasteiger partial charge in [-0.25, -0.2) is 8.42 Å². The predicted octanol–water partition coefficient (Wildman–Crippen LogP) is 0.158. The van der Waals surface area contributed by atoms with Crippen LogP contribution in [0.15, 0.2) is 29.2 Å². The van der Waals surface area contributed by atoms with E-state index in [1.807, 2.05) is 0 Å². The minimum atomic E-state index is -4.21. The molecule has 0 aliphatic rings. The first-order chi connectivity index (χ1) is 10.7. The Balaban J connectivity index is 3.25. The number of nitrogens with zero attached hydrogens (tertiary/aromatic N) is 2. The standard InChI is InChI=1S/C14H17N3O5S/c1-10(14(19)20)17(8-7-16-11(2)18)23(21,22)13-6-4-3-5-12(13)9-15/h3-6,10H,7-8H2,1-2H3,(H,16,18)(H,19,20). The Morgan fingerprint density at radius 1 is 1.39 bits per heavy atom. The maximum atomic E-state index is 12.7. The second kappa shape index (κ2) is 7.71. The number of aliphatic carboxylic acids is 1. The first-order valence-electron chi connectivity index (χ1n) is 6.70. The summed E-state index contributed by atoms with van der Waals surface area (Å²) < 4.78 is 26.2. The van der Waals surface area contributed by atoms with Crippen molar-refractivity contribution in [3.63, 3.8) is 0 Å². The van der Waals surface area contributed by atoms with E-state index < -0.39 is 22.0 Å². The lowest BCUT2D eigenvalue weighted by Gasteiger charge is -2.26. The van der Waals surface area contributed by atoms with Crippen molar-refractivity contribution in [2.24, 2.45) is 0 Å². The molecule has 23 heavy (non-hydrogen) atoms. The second-order valence-corrected chi connectivity index (χ2v) is 6.58. The fraction of sp³-hybridized carbons (Fsp3) is 0.357. The number of hydrogen-bond donors (Lipinski definition) is 2. The van der Waals surface area contributed by atoms with E-state index in [1.165, 1.54) is 38.1 Å². The molecule has 9 heteroatoms. The Hall–Kier alpha value is -2.44. The van der Waals surface area contributed by atoms with Gasteiger partial charge in [0, 0.05) is 20.0 Å². The number of sulfonamides is 1. The molecular formula is C14H17N3O5S. The molecule has 2 N–H and O–H groups in total. The lowest BCUT2D eigenvalue weighted by atomic mass is 10.2. The van der Waals surface area contributed by atoms with Gasteiger partial charge in [0.1, 0.15) is 12.1 Å². The third-order valence-electron chi connectivity index (χ3n) is 3.09. The zero-order valence-electron chi connectivity index (χ0n) is 12.7. The van der Waals surface area contributed by atoms with E-state index in [2.05, 4.69) is 5.32 Å². The van der Waals surface area contributed by atoms with Gasteiger partial charge < -0.3 is 10.4 Å². The number of carboxylic acid groups (broad SMARTS) is 1.